The summed E-state index contributed by atoms with van der Waals surface area (Å²) in [4.78, 5) is 24.0. The van der Waals surface area contributed by atoms with Gasteiger partial charge < -0.3 is 15.2 Å². The average molecular weight is 568 g/mol. The van der Waals surface area contributed by atoms with Gasteiger partial charge in [-0.05, 0) is 19.3 Å². The summed E-state index contributed by atoms with van der Waals surface area (Å²) in [5, 5.41) is 0. The van der Waals surface area contributed by atoms with E-state index in [9.17, 15) is 9.59 Å². The zero-order valence-electron chi connectivity index (χ0n) is 27.0. The minimum Gasteiger partial charge on any atom is -0.466 e. The summed E-state index contributed by atoms with van der Waals surface area (Å²) in [5.41, 5.74) is 5.92. The summed E-state index contributed by atoms with van der Waals surface area (Å²) in [6.45, 7) is 5.42. The van der Waals surface area contributed by atoms with Crippen molar-refractivity contribution in [2.75, 3.05) is 13.2 Å². The highest BCUT2D eigenvalue weighted by molar-refractivity contribution is 5.77. The van der Waals surface area contributed by atoms with Gasteiger partial charge in [-0.1, -0.05) is 168 Å². The molecular weight excluding hydrogens is 498 g/mol. The van der Waals surface area contributed by atoms with Crippen LogP contribution in [0.5, 0.6) is 0 Å². The lowest BCUT2D eigenvalue weighted by Gasteiger charge is -2.11. The maximum absolute atomic E-state index is 12.1. The molecule has 0 saturated heterocycles. The van der Waals surface area contributed by atoms with Crippen LogP contribution in [0.25, 0.3) is 0 Å². The van der Waals surface area contributed by atoms with Crippen LogP contribution in [-0.2, 0) is 19.1 Å². The van der Waals surface area contributed by atoms with Crippen molar-refractivity contribution in [1.82, 2.24) is 0 Å². The second-order valence-corrected chi connectivity index (χ2v) is 12.0. The van der Waals surface area contributed by atoms with Crippen molar-refractivity contribution in [2.24, 2.45) is 5.73 Å². The molecule has 5 nitrogen and oxygen atoms in total. The van der Waals surface area contributed by atoms with Crippen molar-refractivity contribution in [2.45, 2.75) is 200 Å². The van der Waals surface area contributed by atoms with Gasteiger partial charge in [0.05, 0.1) is 13.2 Å². The first-order chi connectivity index (χ1) is 19.6. The molecule has 1 atom stereocenters. The van der Waals surface area contributed by atoms with Crippen LogP contribution < -0.4 is 5.73 Å². The van der Waals surface area contributed by atoms with Crippen LogP contribution in [0.2, 0.25) is 0 Å². The topological polar surface area (TPSA) is 78.6 Å². The third-order valence-corrected chi connectivity index (χ3v) is 7.97. The summed E-state index contributed by atoms with van der Waals surface area (Å²) in [6, 6.07) is -0.745. The molecule has 0 spiro atoms. The Hall–Kier alpha value is -1.10. The third-order valence-electron chi connectivity index (χ3n) is 7.97. The number of esters is 2. The molecule has 2 N–H and O–H groups in total. The van der Waals surface area contributed by atoms with Gasteiger partial charge in [0, 0.05) is 6.42 Å². The highest BCUT2D eigenvalue weighted by atomic mass is 16.5. The van der Waals surface area contributed by atoms with Gasteiger partial charge in [0.15, 0.2) is 0 Å². The Labute approximate surface area is 249 Å². The Morgan fingerprint density at radius 2 is 0.775 bits per heavy atom. The van der Waals surface area contributed by atoms with E-state index in [2.05, 4.69) is 13.8 Å². The molecule has 0 aliphatic carbocycles. The largest absolute Gasteiger partial charge is 0.466 e. The molecule has 0 aromatic heterocycles. The second kappa shape index (κ2) is 32.4. The zero-order valence-corrected chi connectivity index (χ0v) is 27.0. The minimum absolute atomic E-state index is 0.174. The predicted molar refractivity (Wildman–Crippen MR) is 171 cm³/mol. The number of rotatable bonds is 32. The zero-order chi connectivity index (χ0) is 29.4. The second-order valence-electron chi connectivity index (χ2n) is 12.0. The van der Waals surface area contributed by atoms with Crippen molar-refractivity contribution >= 4 is 11.9 Å². The molecule has 0 saturated carbocycles. The lowest BCUT2D eigenvalue weighted by atomic mass is 10.0. The summed E-state index contributed by atoms with van der Waals surface area (Å²) in [7, 11) is 0. The summed E-state index contributed by atoms with van der Waals surface area (Å²) < 4.78 is 10.6. The standard InChI is InChI=1S/C35H69NO4/c1-3-5-7-9-11-13-15-17-18-20-21-23-25-27-31-39-34(37)30-29-33(36)35(38)40-32-28-26-24-22-19-16-14-12-10-8-6-4-2/h33H,3-32,36H2,1-2H3/t33-/m0/s1. The van der Waals surface area contributed by atoms with Crippen LogP contribution in [0.4, 0.5) is 0 Å². The monoisotopic (exact) mass is 568 g/mol. The number of hydrogen-bond acceptors (Lipinski definition) is 5. The molecule has 0 bridgehead atoms. The van der Waals surface area contributed by atoms with Crippen molar-refractivity contribution < 1.29 is 19.1 Å². The summed E-state index contributed by atoms with van der Waals surface area (Å²) >= 11 is 0. The van der Waals surface area contributed by atoms with E-state index < -0.39 is 12.0 Å². The van der Waals surface area contributed by atoms with E-state index in [4.69, 9.17) is 15.2 Å². The smallest absolute Gasteiger partial charge is 0.322 e. The molecule has 0 aromatic carbocycles. The van der Waals surface area contributed by atoms with Crippen molar-refractivity contribution in [3.8, 4) is 0 Å². The normalized spacial score (nSPS) is 12.0. The Balaban J connectivity index is 3.40. The minimum atomic E-state index is -0.745. The molecule has 0 aliphatic rings. The van der Waals surface area contributed by atoms with Gasteiger partial charge in [-0.2, -0.15) is 0 Å². The molecule has 0 rings (SSSR count). The Morgan fingerprint density at radius 1 is 0.475 bits per heavy atom. The predicted octanol–water partition coefficient (Wildman–Crippen LogP) is 10.4. The summed E-state index contributed by atoms with van der Waals surface area (Å²) in [5.74, 6) is -0.665. The number of hydrogen-bond donors (Lipinski definition) is 1. The van der Waals surface area contributed by atoms with E-state index in [1.807, 2.05) is 0 Å². The molecule has 40 heavy (non-hydrogen) atoms. The molecule has 0 aromatic rings. The van der Waals surface area contributed by atoms with Crippen molar-refractivity contribution in [3.05, 3.63) is 0 Å². The average Bonchev–Trinajstić information content (AvgIpc) is 2.96. The first kappa shape index (κ1) is 38.9. The number of carbonyl (C=O) groups excluding carboxylic acids is 2. The molecule has 0 radical (unpaired) electrons. The van der Waals surface area contributed by atoms with Gasteiger partial charge in [0.2, 0.25) is 0 Å². The lowest BCUT2D eigenvalue weighted by Crippen LogP contribution is -2.33. The molecule has 0 heterocycles. The van der Waals surface area contributed by atoms with E-state index in [0.29, 0.717) is 13.2 Å². The van der Waals surface area contributed by atoms with E-state index in [1.54, 1.807) is 0 Å². The first-order valence-electron chi connectivity index (χ1n) is 17.7. The quantitative estimate of drug-likeness (QED) is 0.0646. The molecule has 0 unspecified atom stereocenters. The van der Waals surface area contributed by atoms with Crippen molar-refractivity contribution in [3.63, 3.8) is 0 Å². The highest BCUT2D eigenvalue weighted by Crippen LogP contribution is 2.14. The number of ether oxygens (including phenoxy) is 2. The maximum Gasteiger partial charge on any atom is 0.322 e. The summed E-state index contributed by atoms with van der Waals surface area (Å²) in [6.07, 6.45) is 34.1. The van der Waals surface area contributed by atoms with Gasteiger partial charge in [0.1, 0.15) is 6.04 Å². The fraction of sp³-hybridized carbons (Fsp3) is 0.943. The Bertz CT molecular complexity index is 539. The molecule has 0 fully saturated rings. The molecule has 5 heteroatoms. The van der Waals surface area contributed by atoms with Gasteiger partial charge in [-0.3, -0.25) is 9.59 Å². The van der Waals surface area contributed by atoms with E-state index >= 15 is 0 Å². The van der Waals surface area contributed by atoms with Crippen LogP contribution in [0.3, 0.4) is 0 Å². The van der Waals surface area contributed by atoms with Gasteiger partial charge in [-0.15, -0.1) is 0 Å². The van der Waals surface area contributed by atoms with E-state index in [-0.39, 0.29) is 18.8 Å². The van der Waals surface area contributed by atoms with Gasteiger partial charge >= 0.3 is 11.9 Å². The van der Waals surface area contributed by atoms with E-state index in [0.717, 1.165) is 25.7 Å². The maximum atomic E-state index is 12.1. The molecule has 238 valence electrons. The van der Waals surface area contributed by atoms with E-state index in [1.165, 1.54) is 141 Å². The van der Waals surface area contributed by atoms with Gasteiger partial charge in [0.25, 0.3) is 0 Å². The molecule has 0 aliphatic heterocycles. The SMILES string of the molecule is CCCCCCCCCCCCCCCCOC(=O)CC[C@H](N)C(=O)OCCCCCCCCCCCCCC. The highest BCUT2D eigenvalue weighted by Gasteiger charge is 2.17. The Morgan fingerprint density at radius 3 is 1.12 bits per heavy atom. The van der Waals surface area contributed by atoms with Crippen LogP contribution in [0.15, 0.2) is 0 Å². The lowest BCUT2D eigenvalue weighted by molar-refractivity contribution is -0.146. The fourth-order valence-electron chi connectivity index (χ4n) is 5.17. The third kappa shape index (κ3) is 29.9. The first-order valence-corrected chi connectivity index (χ1v) is 17.7. The molecular formula is C35H69NO4. The van der Waals surface area contributed by atoms with Crippen molar-refractivity contribution in [1.29, 1.82) is 0 Å². The van der Waals surface area contributed by atoms with Crippen LogP contribution >= 0.6 is 0 Å². The van der Waals surface area contributed by atoms with Crippen LogP contribution in [0, 0.1) is 0 Å². The van der Waals surface area contributed by atoms with Crippen LogP contribution in [0.1, 0.15) is 194 Å². The number of carbonyl (C=O) groups is 2. The molecule has 0 amide bonds. The van der Waals surface area contributed by atoms with Gasteiger partial charge in [-0.25, -0.2) is 0 Å². The Kier molecular flexibility index (Phi) is 31.5. The fourth-order valence-corrected chi connectivity index (χ4v) is 5.17. The van der Waals surface area contributed by atoms with Crippen LogP contribution in [-0.4, -0.2) is 31.2 Å². The number of nitrogens with two attached hydrogens (primary N) is 1. The number of unbranched alkanes of at least 4 members (excludes halogenated alkanes) is 24.